The summed E-state index contributed by atoms with van der Waals surface area (Å²) < 4.78 is 71.4. The Morgan fingerprint density at radius 2 is 1.92 bits per heavy atom. The van der Waals surface area contributed by atoms with Crippen molar-refractivity contribution in [2.45, 2.75) is 44.7 Å². The zero-order chi connectivity index (χ0) is 26.5. The lowest BCUT2D eigenvalue weighted by Crippen LogP contribution is -2.42. The van der Waals surface area contributed by atoms with Gasteiger partial charge >= 0.3 is 0 Å². The van der Waals surface area contributed by atoms with Crippen molar-refractivity contribution < 1.29 is 23.7 Å². The lowest BCUT2D eigenvalue weighted by Gasteiger charge is -2.30. The summed E-state index contributed by atoms with van der Waals surface area (Å²) in [6, 6.07) is 1.59. The quantitative estimate of drug-likeness (QED) is 0.471. The standard InChI is InChI=1S/C25H27F4N5O2/c1-14(16-4-3-5-17(19(16)27)22(28)29)30-23-18-12-34(25(13-26)6-7-25)24(35)21(20(18)31-15(2)32-23)33-8-10-36-11-9-33/h3-5,12,14,22H,6-11,13H2,1-2H3,(H,30,31,32)/t14-/m1/s1/i14D. The van der Waals surface area contributed by atoms with Crippen LogP contribution in [0.15, 0.2) is 29.2 Å². The highest BCUT2D eigenvalue weighted by molar-refractivity contribution is 5.97. The Hall–Kier alpha value is -3.21. The van der Waals surface area contributed by atoms with Crippen molar-refractivity contribution >= 4 is 22.4 Å². The van der Waals surface area contributed by atoms with Crippen molar-refractivity contribution in [1.82, 2.24) is 14.5 Å². The van der Waals surface area contributed by atoms with Gasteiger partial charge in [-0.15, -0.1) is 0 Å². The molecule has 0 bridgehead atoms. The summed E-state index contributed by atoms with van der Waals surface area (Å²) in [4.78, 5) is 24.5. The topological polar surface area (TPSA) is 72.3 Å². The van der Waals surface area contributed by atoms with Gasteiger partial charge in [-0.3, -0.25) is 4.79 Å². The molecule has 11 heteroatoms. The van der Waals surface area contributed by atoms with Crippen LogP contribution in [0.4, 0.5) is 29.1 Å². The van der Waals surface area contributed by atoms with Crippen LogP contribution in [-0.2, 0) is 10.3 Å². The minimum atomic E-state index is -3.04. The maximum absolute atomic E-state index is 15.0. The van der Waals surface area contributed by atoms with E-state index in [1.54, 1.807) is 6.92 Å². The van der Waals surface area contributed by atoms with Gasteiger partial charge in [0.1, 0.15) is 35.3 Å². The van der Waals surface area contributed by atoms with E-state index >= 15 is 0 Å². The van der Waals surface area contributed by atoms with Crippen molar-refractivity contribution in [3.05, 3.63) is 57.5 Å². The van der Waals surface area contributed by atoms with E-state index in [0.717, 1.165) is 6.07 Å². The van der Waals surface area contributed by atoms with Crippen LogP contribution in [0.3, 0.4) is 0 Å². The molecule has 0 amide bonds. The van der Waals surface area contributed by atoms with Gasteiger partial charge in [-0.2, -0.15) is 0 Å². The third kappa shape index (κ3) is 4.19. The fourth-order valence-corrected chi connectivity index (χ4v) is 4.64. The van der Waals surface area contributed by atoms with Gasteiger partial charge < -0.3 is 19.5 Å². The van der Waals surface area contributed by atoms with Gasteiger partial charge in [0.25, 0.3) is 12.0 Å². The molecular formula is C25H27F4N5O2. The second-order valence-electron chi connectivity index (χ2n) is 9.25. The number of aryl methyl sites for hydroxylation is 1. The number of halogens is 4. The average molecular weight is 507 g/mol. The smallest absolute Gasteiger partial charge is 0.276 e. The van der Waals surface area contributed by atoms with E-state index in [4.69, 9.17) is 6.11 Å². The molecule has 1 N–H and O–H groups in total. The molecule has 1 aliphatic carbocycles. The molecule has 0 unspecified atom stereocenters. The SMILES string of the molecule is [2H][C@](C)(Nc1nc(C)nc2c(N3CCOCC3)c(=O)n(C3(CF)CC3)cc12)c1cccc(C(F)F)c1F. The lowest BCUT2D eigenvalue weighted by atomic mass is 10.0. The molecule has 2 aliphatic rings. The molecule has 1 aromatic carbocycles. The van der Waals surface area contributed by atoms with E-state index in [-0.39, 0.29) is 28.5 Å². The predicted octanol–water partition coefficient (Wildman–Crippen LogP) is 4.64. The molecule has 5 rings (SSSR count). The molecule has 2 fully saturated rings. The molecule has 1 atom stereocenters. The molecule has 1 saturated heterocycles. The summed E-state index contributed by atoms with van der Waals surface area (Å²) in [5, 5.41) is 3.21. The highest BCUT2D eigenvalue weighted by Crippen LogP contribution is 2.44. The van der Waals surface area contributed by atoms with E-state index < -0.39 is 36.0 Å². The Bertz CT molecular complexity index is 1400. The maximum Gasteiger partial charge on any atom is 0.276 e. The number of nitrogens with one attached hydrogen (secondary N) is 1. The van der Waals surface area contributed by atoms with Gasteiger partial charge in [0.15, 0.2) is 0 Å². The van der Waals surface area contributed by atoms with Gasteiger partial charge in [-0.05, 0) is 26.7 Å². The minimum Gasteiger partial charge on any atom is -0.378 e. The van der Waals surface area contributed by atoms with Gasteiger partial charge in [0.05, 0.1) is 37.1 Å². The number of hydrogen-bond donors (Lipinski definition) is 1. The first kappa shape index (κ1) is 23.2. The number of morpholine rings is 1. The molecule has 0 radical (unpaired) electrons. The van der Waals surface area contributed by atoms with Gasteiger partial charge in [-0.25, -0.2) is 27.5 Å². The Morgan fingerprint density at radius 1 is 1.22 bits per heavy atom. The maximum atomic E-state index is 15.0. The first-order valence-corrected chi connectivity index (χ1v) is 11.8. The number of nitrogens with zero attached hydrogens (tertiary/aromatic N) is 4. The summed E-state index contributed by atoms with van der Waals surface area (Å²) in [5.74, 6) is -0.788. The molecule has 7 nitrogen and oxygen atoms in total. The van der Waals surface area contributed by atoms with E-state index in [0.29, 0.717) is 50.0 Å². The van der Waals surface area contributed by atoms with Crippen LogP contribution >= 0.6 is 0 Å². The monoisotopic (exact) mass is 506 g/mol. The van der Waals surface area contributed by atoms with Crippen LogP contribution in [0.5, 0.6) is 0 Å². The average Bonchev–Trinajstić information content (AvgIpc) is 3.65. The predicted molar refractivity (Wildman–Crippen MR) is 128 cm³/mol. The highest BCUT2D eigenvalue weighted by Gasteiger charge is 2.46. The van der Waals surface area contributed by atoms with Crippen LogP contribution in [0.1, 0.15) is 50.5 Å². The third-order valence-electron chi connectivity index (χ3n) is 6.85. The third-order valence-corrected chi connectivity index (χ3v) is 6.85. The second-order valence-corrected chi connectivity index (χ2v) is 9.25. The van der Waals surface area contributed by atoms with Crippen LogP contribution in [0, 0.1) is 12.7 Å². The van der Waals surface area contributed by atoms with Crippen LogP contribution in [0.25, 0.3) is 10.9 Å². The first-order chi connectivity index (χ1) is 17.6. The molecular weight excluding hydrogens is 478 g/mol. The summed E-state index contributed by atoms with van der Waals surface area (Å²) in [6.45, 7) is 3.90. The Kier molecular flexibility index (Phi) is 6.02. The normalized spacial score (nSPS) is 19.3. The fourth-order valence-electron chi connectivity index (χ4n) is 4.64. The number of hydrogen-bond acceptors (Lipinski definition) is 6. The van der Waals surface area contributed by atoms with Gasteiger partial charge in [0.2, 0.25) is 0 Å². The molecule has 192 valence electrons. The van der Waals surface area contributed by atoms with Crippen molar-refractivity contribution in [2.24, 2.45) is 0 Å². The number of ether oxygens (including phenoxy) is 1. The summed E-state index contributed by atoms with van der Waals surface area (Å²) in [6.07, 6.45) is -0.569. The lowest BCUT2D eigenvalue weighted by molar-refractivity contribution is 0.122. The zero-order valence-corrected chi connectivity index (χ0v) is 20.0. The summed E-state index contributed by atoms with van der Waals surface area (Å²) >= 11 is 0. The number of fused-ring (bicyclic) bond motifs is 1. The fraction of sp³-hybridized carbons (Fsp3) is 0.480. The van der Waals surface area contributed by atoms with Crippen LogP contribution in [0.2, 0.25) is 0 Å². The Labute approximate surface area is 206 Å². The molecule has 3 aromatic rings. The Morgan fingerprint density at radius 3 is 2.56 bits per heavy atom. The molecule has 3 heterocycles. The number of benzene rings is 1. The number of aromatic nitrogens is 3. The highest BCUT2D eigenvalue weighted by atomic mass is 19.3. The molecule has 0 spiro atoms. The van der Waals surface area contributed by atoms with E-state index in [2.05, 4.69) is 15.3 Å². The first-order valence-electron chi connectivity index (χ1n) is 12.3. The number of anilines is 2. The molecule has 36 heavy (non-hydrogen) atoms. The van der Waals surface area contributed by atoms with E-state index in [1.807, 2.05) is 4.90 Å². The summed E-state index contributed by atoms with van der Waals surface area (Å²) in [5.41, 5.74) is -1.84. The minimum absolute atomic E-state index is 0.111. The van der Waals surface area contributed by atoms with Crippen LogP contribution in [-0.4, -0.2) is 47.5 Å². The number of rotatable bonds is 7. The molecule has 1 saturated carbocycles. The van der Waals surface area contributed by atoms with E-state index in [9.17, 15) is 22.4 Å². The van der Waals surface area contributed by atoms with Crippen molar-refractivity contribution in [2.75, 3.05) is 43.2 Å². The number of alkyl halides is 3. The summed E-state index contributed by atoms with van der Waals surface area (Å²) in [7, 11) is 0. The van der Waals surface area contributed by atoms with E-state index in [1.165, 1.54) is 29.8 Å². The van der Waals surface area contributed by atoms with Crippen molar-refractivity contribution in [3.8, 4) is 0 Å². The van der Waals surface area contributed by atoms with Crippen molar-refractivity contribution in [3.63, 3.8) is 0 Å². The van der Waals surface area contributed by atoms with Gasteiger partial charge in [-0.1, -0.05) is 18.2 Å². The zero-order valence-electron chi connectivity index (χ0n) is 21.0. The molecule has 2 aromatic heterocycles. The second kappa shape index (κ2) is 9.34. The Balaban J connectivity index is 1.70. The largest absolute Gasteiger partial charge is 0.378 e. The van der Waals surface area contributed by atoms with Crippen molar-refractivity contribution in [1.29, 1.82) is 0 Å². The van der Waals surface area contributed by atoms with Gasteiger partial charge in [0, 0.05) is 24.8 Å². The molecule has 1 aliphatic heterocycles. The van der Waals surface area contributed by atoms with Crippen LogP contribution < -0.4 is 15.8 Å². The number of pyridine rings is 1.